The highest BCUT2D eigenvalue weighted by molar-refractivity contribution is 7.09. The average Bonchev–Trinajstić information content (AvgIpc) is 2.83. The lowest BCUT2D eigenvalue weighted by Crippen LogP contribution is -2.18. The second kappa shape index (κ2) is 6.86. The molecule has 1 unspecified atom stereocenters. The van der Waals surface area contributed by atoms with Crippen LogP contribution >= 0.6 is 11.3 Å². The summed E-state index contributed by atoms with van der Waals surface area (Å²) in [5, 5.41) is 6.57. The van der Waals surface area contributed by atoms with Crippen LogP contribution in [0.15, 0.2) is 23.6 Å². The van der Waals surface area contributed by atoms with Crippen LogP contribution in [0, 0.1) is 13.8 Å². The van der Waals surface area contributed by atoms with Crippen molar-refractivity contribution in [2.45, 2.75) is 40.3 Å². The molecule has 0 aliphatic rings. The van der Waals surface area contributed by atoms with Crippen molar-refractivity contribution < 1.29 is 4.74 Å². The lowest BCUT2D eigenvalue weighted by atomic mass is 10.0. The Balaban J connectivity index is 2.13. The van der Waals surface area contributed by atoms with Crippen LogP contribution in [0.4, 0.5) is 0 Å². The molecular weight excluding hydrogens is 268 g/mol. The van der Waals surface area contributed by atoms with Gasteiger partial charge in [-0.3, -0.25) is 0 Å². The maximum atomic E-state index is 5.96. The van der Waals surface area contributed by atoms with Gasteiger partial charge in [0.25, 0.3) is 0 Å². The Kier molecular flexibility index (Phi) is 5.15. The van der Waals surface area contributed by atoms with Gasteiger partial charge >= 0.3 is 0 Å². The zero-order chi connectivity index (χ0) is 14.5. The van der Waals surface area contributed by atoms with Crippen LogP contribution in [-0.4, -0.2) is 11.5 Å². The number of aryl methyl sites for hydroxylation is 2. The molecule has 1 N–H and O–H groups in total. The molecule has 1 heterocycles. The van der Waals surface area contributed by atoms with Crippen LogP contribution in [0.2, 0.25) is 0 Å². The van der Waals surface area contributed by atoms with Gasteiger partial charge in [-0.05, 0) is 33.4 Å². The second-order valence-corrected chi connectivity index (χ2v) is 6.03. The number of nitrogens with zero attached hydrogens (tertiary/aromatic N) is 1. The summed E-state index contributed by atoms with van der Waals surface area (Å²) in [6.07, 6.45) is 0. The van der Waals surface area contributed by atoms with Gasteiger partial charge < -0.3 is 10.1 Å². The van der Waals surface area contributed by atoms with E-state index in [-0.39, 0.29) is 6.04 Å². The largest absolute Gasteiger partial charge is 0.487 e. The normalized spacial score (nSPS) is 12.4. The van der Waals surface area contributed by atoms with Crippen LogP contribution in [0.3, 0.4) is 0 Å². The Hall–Kier alpha value is -1.39. The summed E-state index contributed by atoms with van der Waals surface area (Å²) < 4.78 is 5.96. The highest BCUT2D eigenvalue weighted by Gasteiger charge is 2.11. The summed E-state index contributed by atoms with van der Waals surface area (Å²) in [5.41, 5.74) is 3.45. The molecule has 1 atom stereocenters. The lowest BCUT2D eigenvalue weighted by molar-refractivity contribution is 0.296. The summed E-state index contributed by atoms with van der Waals surface area (Å²) in [5.74, 6) is 0.940. The topological polar surface area (TPSA) is 34.1 Å². The average molecular weight is 290 g/mol. The van der Waals surface area contributed by atoms with Gasteiger partial charge in [-0.2, -0.15) is 0 Å². The van der Waals surface area contributed by atoms with Crippen LogP contribution in [0.25, 0.3) is 0 Å². The Morgan fingerprint density at radius 3 is 2.80 bits per heavy atom. The Bertz CT molecular complexity index is 565. The minimum Gasteiger partial charge on any atom is -0.487 e. The van der Waals surface area contributed by atoms with Crippen LogP contribution < -0.4 is 10.1 Å². The number of ether oxygens (including phenoxy) is 1. The highest BCUT2D eigenvalue weighted by atomic mass is 32.1. The molecular formula is C16H22N2OS. The van der Waals surface area contributed by atoms with Gasteiger partial charge in [0, 0.05) is 17.0 Å². The molecule has 0 saturated heterocycles. The Morgan fingerprint density at radius 2 is 2.15 bits per heavy atom. The van der Waals surface area contributed by atoms with Gasteiger partial charge in [0.2, 0.25) is 0 Å². The van der Waals surface area contributed by atoms with Crippen molar-refractivity contribution in [1.29, 1.82) is 0 Å². The molecule has 0 saturated carbocycles. The summed E-state index contributed by atoms with van der Waals surface area (Å²) in [7, 11) is 0. The van der Waals surface area contributed by atoms with Gasteiger partial charge in [-0.1, -0.05) is 24.6 Å². The molecule has 3 nitrogen and oxygen atoms in total. The quantitative estimate of drug-likeness (QED) is 0.873. The summed E-state index contributed by atoms with van der Waals surface area (Å²) >= 11 is 1.66. The van der Waals surface area contributed by atoms with E-state index in [2.05, 4.69) is 54.7 Å². The standard InChI is InChI=1S/C16H22N2OS/c1-5-17-12(3)15-8-11(2)6-7-16(15)19-9-14-10-20-13(4)18-14/h6-8,10,12,17H,5,9H2,1-4H3. The van der Waals surface area contributed by atoms with Crippen molar-refractivity contribution in [1.82, 2.24) is 10.3 Å². The first kappa shape index (κ1) is 15.0. The monoisotopic (exact) mass is 290 g/mol. The predicted octanol–water partition coefficient (Wildman–Crippen LogP) is 4.01. The number of benzene rings is 1. The molecule has 4 heteroatoms. The van der Waals surface area contributed by atoms with E-state index < -0.39 is 0 Å². The smallest absolute Gasteiger partial charge is 0.131 e. The van der Waals surface area contributed by atoms with E-state index in [9.17, 15) is 0 Å². The van der Waals surface area contributed by atoms with Crippen molar-refractivity contribution in [3.05, 3.63) is 45.4 Å². The molecule has 0 radical (unpaired) electrons. The third-order valence-electron chi connectivity index (χ3n) is 3.18. The van der Waals surface area contributed by atoms with Crippen molar-refractivity contribution in [3.63, 3.8) is 0 Å². The summed E-state index contributed by atoms with van der Waals surface area (Å²) in [4.78, 5) is 4.43. The number of rotatable bonds is 6. The summed E-state index contributed by atoms with van der Waals surface area (Å²) in [6, 6.07) is 6.61. The Labute approximate surface area is 125 Å². The van der Waals surface area contributed by atoms with Gasteiger partial charge in [-0.15, -0.1) is 11.3 Å². The number of hydrogen-bond acceptors (Lipinski definition) is 4. The van der Waals surface area contributed by atoms with Gasteiger partial charge in [0.05, 0.1) is 10.7 Å². The first-order valence-corrected chi connectivity index (χ1v) is 7.86. The Morgan fingerprint density at radius 1 is 1.35 bits per heavy atom. The van der Waals surface area contributed by atoms with E-state index in [0.29, 0.717) is 6.61 Å². The molecule has 0 fully saturated rings. The number of thiazole rings is 1. The van der Waals surface area contributed by atoms with Gasteiger partial charge in [0.15, 0.2) is 0 Å². The SMILES string of the molecule is CCNC(C)c1cc(C)ccc1OCc1csc(C)n1. The molecule has 0 spiro atoms. The minimum absolute atomic E-state index is 0.284. The molecule has 20 heavy (non-hydrogen) atoms. The van der Waals surface area contributed by atoms with E-state index >= 15 is 0 Å². The minimum atomic E-state index is 0.284. The number of nitrogens with one attached hydrogen (secondary N) is 1. The molecule has 0 bridgehead atoms. The van der Waals surface area contributed by atoms with Gasteiger partial charge in [-0.25, -0.2) is 4.98 Å². The molecule has 0 aliphatic heterocycles. The maximum Gasteiger partial charge on any atom is 0.131 e. The third-order valence-corrected chi connectivity index (χ3v) is 4.01. The molecule has 2 rings (SSSR count). The fourth-order valence-electron chi connectivity index (χ4n) is 2.18. The van der Waals surface area contributed by atoms with Gasteiger partial charge in [0.1, 0.15) is 12.4 Å². The van der Waals surface area contributed by atoms with Crippen molar-refractivity contribution >= 4 is 11.3 Å². The third kappa shape index (κ3) is 3.81. The van der Waals surface area contributed by atoms with Crippen molar-refractivity contribution in [3.8, 4) is 5.75 Å². The fraction of sp³-hybridized carbons (Fsp3) is 0.438. The zero-order valence-corrected chi connectivity index (χ0v) is 13.4. The predicted molar refractivity (Wildman–Crippen MR) is 84.5 cm³/mol. The molecule has 1 aromatic carbocycles. The van der Waals surface area contributed by atoms with Crippen molar-refractivity contribution in [2.24, 2.45) is 0 Å². The first-order valence-electron chi connectivity index (χ1n) is 6.98. The molecule has 108 valence electrons. The molecule has 0 amide bonds. The fourth-order valence-corrected chi connectivity index (χ4v) is 2.78. The number of aromatic nitrogens is 1. The molecule has 2 aromatic rings. The zero-order valence-electron chi connectivity index (χ0n) is 12.6. The second-order valence-electron chi connectivity index (χ2n) is 4.97. The summed E-state index contributed by atoms with van der Waals surface area (Å²) in [6.45, 7) is 9.87. The molecule has 1 aromatic heterocycles. The lowest BCUT2D eigenvalue weighted by Gasteiger charge is -2.18. The van der Waals surface area contributed by atoms with E-state index in [4.69, 9.17) is 4.74 Å². The van der Waals surface area contributed by atoms with E-state index in [1.54, 1.807) is 11.3 Å². The van der Waals surface area contributed by atoms with E-state index in [1.165, 1.54) is 11.1 Å². The van der Waals surface area contributed by atoms with Crippen LogP contribution in [0.5, 0.6) is 5.75 Å². The molecule has 0 aliphatic carbocycles. The number of hydrogen-bond donors (Lipinski definition) is 1. The van der Waals surface area contributed by atoms with Crippen LogP contribution in [-0.2, 0) is 6.61 Å². The maximum absolute atomic E-state index is 5.96. The van der Waals surface area contributed by atoms with E-state index in [0.717, 1.165) is 23.0 Å². The van der Waals surface area contributed by atoms with E-state index in [1.807, 2.05) is 6.92 Å². The van der Waals surface area contributed by atoms with Crippen molar-refractivity contribution in [2.75, 3.05) is 6.54 Å². The first-order chi connectivity index (χ1) is 9.60. The highest BCUT2D eigenvalue weighted by Crippen LogP contribution is 2.27. The van der Waals surface area contributed by atoms with Crippen LogP contribution in [0.1, 0.15) is 41.7 Å².